The molecule has 3 rings (SSSR count). The summed E-state index contributed by atoms with van der Waals surface area (Å²) in [6.07, 6.45) is 2.18. The number of ether oxygens (including phenoxy) is 3. The van der Waals surface area contributed by atoms with Gasteiger partial charge in [0.1, 0.15) is 10.1 Å². The molecule has 11 heteroatoms. The van der Waals surface area contributed by atoms with Crippen molar-refractivity contribution in [2.75, 3.05) is 19.8 Å². The number of hydrogen-bond donors (Lipinski definition) is 0. The normalized spacial score (nSPS) is 12.3. The summed E-state index contributed by atoms with van der Waals surface area (Å²) in [5, 5.41) is -2.46. The zero-order valence-electron chi connectivity index (χ0n) is 25.0. The van der Waals surface area contributed by atoms with Crippen molar-refractivity contribution < 1.29 is 71.1 Å². The van der Waals surface area contributed by atoms with Gasteiger partial charge in [-0.15, -0.1) is 0 Å². The Balaban J connectivity index is 0.00000675. The minimum atomic E-state index is -5.41. The number of carbonyl (C=O) groups excluding carboxylic acids is 3. The summed E-state index contributed by atoms with van der Waals surface area (Å²) < 4.78 is 52.4. The summed E-state index contributed by atoms with van der Waals surface area (Å²) in [6, 6.07) is 28.3. The number of benzene rings is 3. The van der Waals surface area contributed by atoms with Crippen LogP contribution in [-0.4, -0.2) is 55.9 Å². The van der Waals surface area contributed by atoms with E-state index in [1.54, 1.807) is 0 Å². The van der Waals surface area contributed by atoms with Crippen molar-refractivity contribution in [2.24, 2.45) is 5.92 Å². The van der Waals surface area contributed by atoms with Crippen molar-refractivity contribution in [1.29, 1.82) is 0 Å². The number of hydrogen-bond acceptors (Lipinski definition) is 9. The van der Waals surface area contributed by atoms with E-state index in [4.69, 9.17) is 14.2 Å². The van der Waals surface area contributed by atoms with Crippen molar-refractivity contribution in [3.63, 3.8) is 0 Å². The molecule has 0 aliphatic carbocycles. The van der Waals surface area contributed by atoms with Crippen LogP contribution < -0.4 is 29.6 Å². The molecule has 2 atom stereocenters. The molecule has 0 aliphatic rings. The SMILES string of the molecule is O=C(CC(C(=O)OCCCc1ccccc1)C(C(=O)OCCCc1ccccc1)S(=O)(=O)[O-])OCCCc1ccccc1.[Na+]. The zero-order chi connectivity index (χ0) is 30.9. The Hall–Kier alpha value is -3.02. The number of aryl methyl sites for hydroxylation is 3. The fraction of sp³-hybridized carbons (Fsp3) is 0.364. The van der Waals surface area contributed by atoms with E-state index in [-0.39, 0.29) is 49.4 Å². The van der Waals surface area contributed by atoms with Crippen LogP contribution >= 0.6 is 0 Å². The molecular weight excluding hydrogens is 595 g/mol. The molecule has 0 fully saturated rings. The molecule has 44 heavy (non-hydrogen) atoms. The van der Waals surface area contributed by atoms with Gasteiger partial charge >= 0.3 is 47.5 Å². The fourth-order valence-corrected chi connectivity index (χ4v) is 5.43. The molecule has 0 saturated heterocycles. The molecule has 9 nitrogen and oxygen atoms in total. The van der Waals surface area contributed by atoms with Gasteiger partial charge in [-0.3, -0.25) is 14.4 Å². The maximum Gasteiger partial charge on any atom is 1.00 e. The predicted octanol–water partition coefficient (Wildman–Crippen LogP) is 1.44. The van der Waals surface area contributed by atoms with E-state index < -0.39 is 45.6 Å². The van der Waals surface area contributed by atoms with E-state index in [9.17, 15) is 27.4 Å². The van der Waals surface area contributed by atoms with Crippen molar-refractivity contribution in [3.05, 3.63) is 108 Å². The Kier molecular flexibility index (Phi) is 17.0. The van der Waals surface area contributed by atoms with Crippen LogP contribution in [0.4, 0.5) is 0 Å². The van der Waals surface area contributed by atoms with Gasteiger partial charge < -0.3 is 18.8 Å². The number of esters is 3. The summed E-state index contributed by atoms with van der Waals surface area (Å²) >= 11 is 0. The molecule has 0 saturated carbocycles. The van der Waals surface area contributed by atoms with Crippen LogP contribution in [0.3, 0.4) is 0 Å². The van der Waals surface area contributed by atoms with Crippen molar-refractivity contribution >= 4 is 28.0 Å². The van der Waals surface area contributed by atoms with Gasteiger partial charge in [0.05, 0.1) is 32.2 Å². The van der Waals surface area contributed by atoms with E-state index >= 15 is 0 Å². The second kappa shape index (κ2) is 20.1. The number of rotatable bonds is 18. The minimum absolute atomic E-state index is 0. The van der Waals surface area contributed by atoms with Gasteiger partial charge in [-0.1, -0.05) is 91.0 Å². The summed E-state index contributed by atoms with van der Waals surface area (Å²) in [5.74, 6) is -5.39. The Morgan fingerprint density at radius 2 is 0.955 bits per heavy atom. The Bertz CT molecular complexity index is 1380. The van der Waals surface area contributed by atoms with Crippen molar-refractivity contribution in [1.82, 2.24) is 0 Å². The van der Waals surface area contributed by atoms with Crippen molar-refractivity contribution in [2.45, 2.75) is 50.2 Å². The average molecular weight is 633 g/mol. The fourth-order valence-electron chi connectivity index (χ4n) is 4.52. The van der Waals surface area contributed by atoms with Gasteiger partial charge in [-0.05, 0) is 55.2 Å². The van der Waals surface area contributed by atoms with Crippen LogP contribution in [-0.2, 0) is 58.0 Å². The first-order valence-electron chi connectivity index (χ1n) is 14.3. The summed E-state index contributed by atoms with van der Waals surface area (Å²) in [6.45, 7) is -0.276. The summed E-state index contributed by atoms with van der Waals surface area (Å²) in [4.78, 5) is 38.6. The van der Waals surface area contributed by atoms with Gasteiger partial charge in [-0.25, -0.2) is 8.42 Å². The monoisotopic (exact) mass is 632 g/mol. The van der Waals surface area contributed by atoms with E-state index in [2.05, 4.69) is 0 Å². The third kappa shape index (κ3) is 13.7. The third-order valence-corrected chi connectivity index (χ3v) is 7.85. The quantitative estimate of drug-likeness (QED) is 0.0671. The molecular formula is C33H37NaO9S. The topological polar surface area (TPSA) is 136 Å². The Labute approximate surface area is 281 Å². The molecule has 3 aromatic rings. The van der Waals surface area contributed by atoms with E-state index in [1.165, 1.54) is 0 Å². The molecule has 0 heterocycles. The molecule has 0 radical (unpaired) electrons. The molecule has 0 amide bonds. The van der Waals surface area contributed by atoms with Gasteiger partial charge in [-0.2, -0.15) is 0 Å². The Morgan fingerprint density at radius 3 is 1.34 bits per heavy atom. The van der Waals surface area contributed by atoms with E-state index in [1.807, 2.05) is 91.0 Å². The van der Waals surface area contributed by atoms with Crippen LogP contribution in [0.1, 0.15) is 42.4 Å². The summed E-state index contributed by atoms with van der Waals surface area (Å²) in [7, 11) is -5.41. The molecule has 2 unspecified atom stereocenters. The maximum atomic E-state index is 13.1. The molecule has 0 N–H and O–H groups in total. The van der Waals surface area contributed by atoms with Gasteiger partial charge in [0.15, 0.2) is 5.25 Å². The zero-order valence-corrected chi connectivity index (χ0v) is 27.8. The maximum absolute atomic E-state index is 13.1. The standard InChI is InChI=1S/C33H38O9S.Na/c34-30(40-22-10-19-26-13-4-1-5-14-26)25-29(32(35)41-23-11-20-27-15-6-2-7-16-27)31(43(37,38)39)33(36)42-24-12-21-28-17-8-3-9-18-28;/h1-9,13-18,29,31H,10-12,19-25H2,(H,37,38,39);/q;+1/p-1. The molecule has 0 aliphatic heterocycles. The first-order valence-corrected chi connectivity index (χ1v) is 15.8. The second-order valence-corrected chi connectivity index (χ2v) is 11.5. The minimum Gasteiger partial charge on any atom is -0.747 e. The third-order valence-electron chi connectivity index (χ3n) is 6.71. The Morgan fingerprint density at radius 1 is 0.591 bits per heavy atom. The van der Waals surface area contributed by atoms with Gasteiger partial charge in [0.2, 0.25) is 0 Å². The van der Waals surface area contributed by atoms with Crippen LogP contribution in [0.15, 0.2) is 91.0 Å². The largest absolute Gasteiger partial charge is 1.00 e. The first-order chi connectivity index (χ1) is 20.7. The number of carbonyl (C=O) groups is 3. The predicted molar refractivity (Wildman–Crippen MR) is 159 cm³/mol. The molecule has 0 aromatic heterocycles. The second-order valence-electron chi connectivity index (χ2n) is 10.0. The molecule has 230 valence electrons. The molecule has 3 aromatic carbocycles. The van der Waals surface area contributed by atoms with Crippen LogP contribution in [0.2, 0.25) is 0 Å². The smallest absolute Gasteiger partial charge is 0.747 e. The molecule has 0 bridgehead atoms. The first kappa shape index (κ1) is 37.2. The van der Waals surface area contributed by atoms with Gasteiger partial charge in [0, 0.05) is 0 Å². The van der Waals surface area contributed by atoms with Crippen LogP contribution in [0.25, 0.3) is 0 Å². The average Bonchev–Trinajstić information content (AvgIpc) is 3.00. The van der Waals surface area contributed by atoms with Gasteiger partial charge in [0.25, 0.3) is 0 Å². The van der Waals surface area contributed by atoms with Crippen LogP contribution in [0.5, 0.6) is 0 Å². The van der Waals surface area contributed by atoms with Crippen LogP contribution in [0, 0.1) is 5.92 Å². The molecule has 0 spiro atoms. The van der Waals surface area contributed by atoms with E-state index in [0.29, 0.717) is 38.5 Å². The van der Waals surface area contributed by atoms with E-state index in [0.717, 1.165) is 16.7 Å². The summed E-state index contributed by atoms with van der Waals surface area (Å²) in [5.41, 5.74) is 3.04. The van der Waals surface area contributed by atoms with Crippen molar-refractivity contribution in [3.8, 4) is 0 Å².